The Bertz CT molecular complexity index is 615. The first-order valence-electron chi connectivity index (χ1n) is 8.87. The van der Waals surface area contributed by atoms with Gasteiger partial charge >= 0.3 is 0 Å². The van der Waals surface area contributed by atoms with Crippen molar-refractivity contribution in [2.45, 2.75) is 39.2 Å². The fourth-order valence-electron chi connectivity index (χ4n) is 2.95. The standard InChI is InChI=1S/C20H28BrN3O/c1-3-4-7-17(22)19(14-15(2)21)24-20(16-9-12-25-13-10-16)18-8-5-6-11-23-18/h4-8,11,14,16,20,24H,3,9-10,12-13,22H2,1-2H3/b7-4+,15-14+,19-17-. The molecule has 2 rings (SSSR count). The summed E-state index contributed by atoms with van der Waals surface area (Å²) in [5, 5.41) is 3.66. The summed E-state index contributed by atoms with van der Waals surface area (Å²) in [4.78, 5) is 4.59. The number of ether oxygens (including phenoxy) is 1. The lowest BCUT2D eigenvalue weighted by Gasteiger charge is -2.32. The summed E-state index contributed by atoms with van der Waals surface area (Å²) < 4.78 is 6.56. The summed E-state index contributed by atoms with van der Waals surface area (Å²) in [5.74, 6) is 0.464. The van der Waals surface area contributed by atoms with Gasteiger partial charge in [-0.1, -0.05) is 35.0 Å². The molecule has 1 unspecified atom stereocenters. The number of allylic oxidation sites excluding steroid dienone is 4. The molecule has 3 N–H and O–H groups in total. The van der Waals surface area contributed by atoms with E-state index in [9.17, 15) is 0 Å². The van der Waals surface area contributed by atoms with Gasteiger partial charge in [-0.25, -0.2) is 0 Å². The van der Waals surface area contributed by atoms with E-state index < -0.39 is 0 Å². The minimum absolute atomic E-state index is 0.108. The van der Waals surface area contributed by atoms with Gasteiger partial charge in [-0.15, -0.1) is 0 Å². The Morgan fingerprint density at radius 3 is 2.80 bits per heavy atom. The van der Waals surface area contributed by atoms with Crippen molar-refractivity contribution in [2.75, 3.05) is 13.2 Å². The van der Waals surface area contributed by atoms with Gasteiger partial charge in [-0.05, 0) is 60.9 Å². The zero-order valence-electron chi connectivity index (χ0n) is 15.0. The van der Waals surface area contributed by atoms with Gasteiger partial charge in [0.2, 0.25) is 0 Å². The normalized spacial score (nSPS) is 18.9. The van der Waals surface area contributed by atoms with E-state index in [1.54, 1.807) is 0 Å². The highest BCUT2D eigenvalue weighted by Gasteiger charge is 2.27. The Hall–Kier alpha value is -1.59. The van der Waals surface area contributed by atoms with Crippen LogP contribution in [-0.4, -0.2) is 18.2 Å². The van der Waals surface area contributed by atoms with Gasteiger partial charge in [0.1, 0.15) is 0 Å². The van der Waals surface area contributed by atoms with Crippen molar-refractivity contribution in [3.63, 3.8) is 0 Å². The minimum atomic E-state index is 0.108. The average molecular weight is 406 g/mol. The molecule has 0 spiro atoms. The fourth-order valence-corrected chi connectivity index (χ4v) is 3.18. The van der Waals surface area contributed by atoms with Crippen molar-refractivity contribution >= 4 is 15.9 Å². The molecule has 1 aromatic rings. The molecule has 25 heavy (non-hydrogen) atoms. The summed E-state index contributed by atoms with van der Waals surface area (Å²) in [6.45, 7) is 5.70. The van der Waals surface area contributed by atoms with Crippen LogP contribution in [0.1, 0.15) is 44.8 Å². The number of nitrogens with one attached hydrogen (secondary N) is 1. The number of hydrogen-bond acceptors (Lipinski definition) is 4. The van der Waals surface area contributed by atoms with Crippen molar-refractivity contribution in [2.24, 2.45) is 11.7 Å². The Morgan fingerprint density at radius 2 is 2.20 bits per heavy atom. The highest BCUT2D eigenvalue weighted by molar-refractivity contribution is 9.11. The number of aromatic nitrogens is 1. The third-order valence-electron chi connectivity index (χ3n) is 4.24. The monoisotopic (exact) mass is 405 g/mol. The highest BCUT2D eigenvalue weighted by atomic mass is 79.9. The molecule has 1 saturated heterocycles. The lowest BCUT2D eigenvalue weighted by Crippen LogP contribution is -2.33. The molecule has 0 aromatic carbocycles. The van der Waals surface area contributed by atoms with Crippen LogP contribution in [0.25, 0.3) is 0 Å². The van der Waals surface area contributed by atoms with Crippen LogP contribution in [-0.2, 0) is 4.74 Å². The largest absolute Gasteiger partial charge is 0.397 e. The number of nitrogens with zero attached hydrogens (tertiary/aromatic N) is 1. The van der Waals surface area contributed by atoms with Crippen molar-refractivity contribution in [1.29, 1.82) is 0 Å². The fraction of sp³-hybridized carbons (Fsp3) is 0.450. The van der Waals surface area contributed by atoms with Gasteiger partial charge in [-0.3, -0.25) is 4.98 Å². The maximum Gasteiger partial charge on any atom is 0.0715 e. The molecular weight excluding hydrogens is 378 g/mol. The van der Waals surface area contributed by atoms with Gasteiger partial charge in [-0.2, -0.15) is 0 Å². The molecule has 2 heterocycles. The molecule has 0 aliphatic carbocycles. The third kappa shape index (κ3) is 6.33. The number of pyridine rings is 1. The first-order chi connectivity index (χ1) is 12.1. The number of halogens is 1. The Kier molecular flexibility index (Phi) is 8.22. The van der Waals surface area contributed by atoms with Crippen LogP contribution in [0.15, 0.2) is 58.5 Å². The summed E-state index contributed by atoms with van der Waals surface area (Å²) in [6.07, 6.45) is 10.9. The third-order valence-corrected chi connectivity index (χ3v) is 4.47. The molecule has 0 bridgehead atoms. The van der Waals surface area contributed by atoms with E-state index in [1.807, 2.05) is 37.4 Å². The second-order valence-electron chi connectivity index (χ2n) is 6.24. The molecule has 0 saturated carbocycles. The van der Waals surface area contributed by atoms with E-state index in [4.69, 9.17) is 10.5 Å². The van der Waals surface area contributed by atoms with Crippen molar-refractivity contribution < 1.29 is 4.74 Å². The van der Waals surface area contributed by atoms with Crippen molar-refractivity contribution in [3.8, 4) is 0 Å². The van der Waals surface area contributed by atoms with E-state index in [1.165, 1.54) is 0 Å². The van der Waals surface area contributed by atoms with Gasteiger partial charge in [0.05, 0.1) is 23.1 Å². The van der Waals surface area contributed by atoms with Crippen LogP contribution in [0.5, 0.6) is 0 Å². The molecule has 0 radical (unpaired) electrons. The molecule has 1 aliphatic rings. The highest BCUT2D eigenvalue weighted by Crippen LogP contribution is 2.30. The van der Waals surface area contributed by atoms with Crippen LogP contribution >= 0.6 is 15.9 Å². The van der Waals surface area contributed by atoms with E-state index >= 15 is 0 Å². The van der Waals surface area contributed by atoms with E-state index in [0.29, 0.717) is 5.92 Å². The van der Waals surface area contributed by atoms with Gasteiger partial charge in [0.15, 0.2) is 0 Å². The lowest BCUT2D eigenvalue weighted by molar-refractivity contribution is 0.0545. The summed E-state index contributed by atoms with van der Waals surface area (Å²) in [7, 11) is 0. The van der Waals surface area contributed by atoms with Gasteiger partial charge in [0.25, 0.3) is 0 Å². The van der Waals surface area contributed by atoms with E-state index in [-0.39, 0.29) is 6.04 Å². The van der Waals surface area contributed by atoms with Crippen LogP contribution in [0, 0.1) is 5.92 Å². The average Bonchev–Trinajstić information content (AvgIpc) is 2.64. The van der Waals surface area contributed by atoms with E-state index in [0.717, 1.165) is 54.0 Å². The smallest absolute Gasteiger partial charge is 0.0715 e. The Balaban J connectivity index is 2.34. The summed E-state index contributed by atoms with van der Waals surface area (Å²) >= 11 is 3.53. The van der Waals surface area contributed by atoms with Crippen LogP contribution in [0.4, 0.5) is 0 Å². The molecule has 1 atom stereocenters. The maximum atomic E-state index is 6.33. The first-order valence-corrected chi connectivity index (χ1v) is 9.66. The zero-order valence-corrected chi connectivity index (χ0v) is 16.6. The lowest BCUT2D eigenvalue weighted by atomic mass is 9.89. The molecular formula is C20H28BrN3O. The van der Waals surface area contributed by atoms with Gasteiger partial charge in [0, 0.05) is 19.4 Å². The predicted molar refractivity (Wildman–Crippen MR) is 107 cm³/mol. The number of rotatable bonds is 7. The maximum absolute atomic E-state index is 6.33. The second kappa shape index (κ2) is 10.4. The predicted octanol–water partition coefficient (Wildman–Crippen LogP) is 4.57. The minimum Gasteiger partial charge on any atom is -0.397 e. The Morgan fingerprint density at radius 1 is 1.44 bits per heavy atom. The van der Waals surface area contributed by atoms with Gasteiger partial charge < -0.3 is 15.8 Å². The number of nitrogens with two attached hydrogens (primary N) is 1. The van der Waals surface area contributed by atoms with Crippen LogP contribution in [0.2, 0.25) is 0 Å². The second-order valence-corrected chi connectivity index (χ2v) is 7.49. The molecule has 4 nitrogen and oxygen atoms in total. The summed E-state index contributed by atoms with van der Waals surface area (Å²) in [6, 6.07) is 6.17. The quantitative estimate of drug-likeness (QED) is 0.651. The molecule has 0 amide bonds. The summed E-state index contributed by atoms with van der Waals surface area (Å²) in [5.41, 5.74) is 9.02. The molecule has 1 fully saturated rings. The van der Waals surface area contributed by atoms with Crippen LogP contribution in [0.3, 0.4) is 0 Å². The molecule has 1 aromatic heterocycles. The SMILES string of the molecule is CC/C=C/C(N)=C(\C=C(/C)Br)NC(c1ccccn1)C1CCOCC1. The van der Waals surface area contributed by atoms with Crippen molar-refractivity contribution in [1.82, 2.24) is 10.3 Å². The van der Waals surface area contributed by atoms with Crippen LogP contribution < -0.4 is 11.1 Å². The zero-order chi connectivity index (χ0) is 18.1. The molecule has 1 aliphatic heterocycles. The van der Waals surface area contributed by atoms with E-state index in [2.05, 4.69) is 45.3 Å². The Labute approximate surface area is 159 Å². The topological polar surface area (TPSA) is 60.2 Å². The first kappa shape index (κ1) is 19.7. The van der Waals surface area contributed by atoms with Crippen molar-refractivity contribution in [3.05, 3.63) is 64.2 Å². The number of hydrogen-bond donors (Lipinski definition) is 2. The molecule has 5 heteroatoms. The molecule has 136 valence electrons.